The highest BCUT2D eigenvalue weighted by Crippen LogP contribution is 2.32. The van der Waals surface area contributed by atoms with Crippen LogP contribution in [0.3, 0.4) is 0 Å². The molecule has 24 heavy (non-hydrogen) atoms. The van der Waals surface area contributed by atoms with Crippen molar-refractivity contribution in [3.63, 3.8) is 0 Å². The van der Waals surface area contributed by atoms with Gasteiger partial charge in [0.2, 0.25) is 0 Å². The van der Waals surface area contributed by atoms with E-state index < -0.39 is 0 Å². The van der Waals surface area contributed by atoms with Gasteiger partial charge in [-0.1, -0.05) is 34.1 Å². The number of nitrogens with zero attached hydrogens (tertiary/aromatic N) is 1. The van der Waals surface area contributed by atoms with Gasteiger partial charge in [-0.2, -0.15) is 0 Å². The van der Waals surface area contributed by atoms with Crippen LogP contribution in [0.4, 0.5) is 4.79 Å². The van der Waals surface area contributed by atoms with E-state index in [1.165, 1.54) is 4.90 Å². The van der Waals surface area contributed by atoms with E-state index in [1.54, 1.807) is 12.2 Å². The third-order valence-electron chi connectivity index (χ3n) is 3.05. The van der Waals surface area contributed by atoms with Gasteiger partial charge in [-0.05, 0) is 47.8 Å². The monoisotopic (exact) mass is 425 g/mol. The smallest absolute Gasteiger partial charge is 0.293 e. The molecule has 0 aromatic heterocycles. The second-order valence-corrected chi connectivity index (χ2v) is 7.13. The second kappa shape index (κ2) is 9.00. The van der Waals surface area contributed by atoms with Crippen molar-refractivity contribution in [1.82, 2.24) is 15.5 Å². The summed E-state index contributed by atoms with van der Waals surface area (Å²) in [6.07, 6.45) is 3.41. The molecule has 0 atom stereocenters. The van der Waals surface area contributed by atoms with E-state index in [1.807, 2.05) is 24.3 Å². The summed E-state index contributed by atoms with van der Waals surface area (Å²) in [4.78, 5) is 26.0. The molecule has 0 unspecified atom stereocenters. The van der Waals surface area contributed by atoms with Gasteiger partial charge in [-0.15, -0.1) is 6.58 Å². The van der Waals surface area contributed by atoms with Crippen LogP contribution >= 0.6 is 39.9 Å². The van der Waals surface area contributed by atoms with Gasteiger partial charge in [0.1, 0.15) is 0 Å². The average Bonchev–Trinajstić information content (AvgIpc) is 2.80. The molecule has 0 bridgehead atoms. The minimum Gasteiger partial charge on any atom is -0.361 e. The largest absolute Gasteiger partial charge is 0.361 e. The molecule has 0 radical (unpaired) electrons. The highest BCUT2D eigenvalue weighted by molar-refractivity contribution is 9.10. The Balaban J connectivity index is 1.94. The first-order chi connectivity index (χ1) is 11.5. The number of thiocarbonyl (C=S) groups is 1. The molecule has 1 aliphatic heterocycles. The molecule has 2 amide bonds. The zero-order valence-electron chi connectivity index (χ0n) is 12.8. The second-order valence-electron chi connectivity index (χ2n) is 4.81. The van der Waals surface area contributed by atoms with Crippen LogP contribution in [0.5, 0.6) is 0 Å². The van der Waals surface area contributed by atoms with E-state index in [2.05, 4.69) is 33.1 Å². The summed E-state index contributed by atoms with van der Waals surface area (Å²) >= 11 is 9.40. The van der Waals surface area contributed by atoms with Gasteiger partial charge in [0, 0.05) is 24.1 Å². The average molecular weight is 426 g/mol. The van der Waals surface area contributed by atoms with E-state index in [9.17, 15) is 9.59 Å². The Kier molecular flexibility index (Phi) is 7.01. The zero-order chi connectivity index (χ0) is 17.5. The number of thioether (sulfide) groups is 1. The van der Waals surface area contributed by atoms with Crippen LogP contribution in [0.2, 0.25) is 0 Å². The molecular formula is C16H16BrN3O2S2. The van der Waals surface area contributed by atoms with Crippen LogP contribution < -0.4 is 10.6 Å². The lowest BCUT2D eigenvalue weighted by atomic mass is 10.2. The molecule has 1 aromatic carbocycles. The molecule has 0 saturated carbocycles. The number of carbonyl (C=O) groups is 2. The molecule has 5 nitrogen and oxygen atoms in total. The Bertz CT molecular complexity index is 706. The third kappa shape index (κ3) is 5.19. The van der Waals surface area contributed by atoms with Crippen molar-refractivity contribution in [3.8, 4) is 0 Å². The van der Waals surface area contributed by atoms with Crippen LogP contribution in [-0.4, -0.2) is 40.8 Å². The fraction of sp³-hybridized carbons (Fsp3) is 0.188. The molecule has 1 aliphatic rings. The van der Waals surface area contributed by atoms with Crippen molar-refractivity contribution in [1.29, 1.82) is 0 Å². The van der Waals surface area contributed by atoms with Crippen LogP contribution in [0.15, 0.2) is 46.3 Å². The maximum Gasteiger partial charge on any atom is 0.293 e. The van der Waals surface area contributed by atoms with E-state index in [4.69, 9.17) is 12.2 Å². The summed E-state index contributed by atoms with van der Waals surface area (Å²) in [6, 6.07) is 7.54. The topological polar surface area (TPSA) is 61.4 Å². The number of hydrogen-bond acceptors (Lipinski definition) is 4. The lowest BCUT2D eigenvalue weighted by molar-refractivity contribution is -0.122. The lowest BCUT2D eigenvalue weighted by Gasteiger charge is -2.14. The standard InChI is InChI=1S/C16H16BrN3O2S2/c1-2-6-18-15(23)19-7-8-20-14(21)13(24-16(20)22)10-11-4-3-5-12(17)9-11/h2-5,9-10H,1,6-8H2,(H2,18,19,23)/b13-10-. The Hall–Kier alpha value is -1.64. The van der Waals surface area contributed by atoms with Gasteiger partial charge in [0.25, 0.3) is 11.1 Å². The number of nitrogens with one attached hydrogen (secondary N) is 2. The number of carbonyl (C=O) groups excluding carboxylic acids is 2. The quantitative estimate of drug-likeness (QED) is 0.414. The first kappa shape index (κ1) is 18.7. The highest BCUT2D eigenvalue weighted by atomic mass is 79.9. The van der Waals surface area contributed by atoms with Crippen molar-refractivity contribution in [2.45, 2.75) is 0 Å². The lowest BCUT2D eigenvalue weighted by Crippen LogP contribution is -2.41. The van der Waals surface area contributed by atoms with Gasteiger partial charge in [0.15, 0.2) is 5.11 Å². The van der Waals surface area contributed by atoms with Gasteiger partial charge in [-0.3, -0.25) is 14.5 Å². The highest BCUT2D eigenvalue weighted by Gasteiger charge is 2.34. The third-order valence-corrected chi connectivity index (χ3v) is 4.74. The van der Waals surface area contributed by atoms with Gasteiger partial charge in [0.05, 0.1) is 4.91 Å². The van der Waals surface area contributed by atoms with Crippen molar-refractivity contribution in [3.05, 3.63) is 51.9 Å². The Morgan fingerprint density at radius 1 is 1.38 bits per heavy atom. The molecular weight excluding hydrogens is 410 g/mol. The summed E-state index contributed by atoms with van der Waals surface area (Å²) in [5.41, 5.74) is 0.864. The van der Waals surface area contributed by atoms with Crippen molar-refractivity contribution < 1.29 is 9.59 Å². The van der Waals surface area contributed by atoms with Crippen molar-refractivity contribution >= 4 is 62.2 Å². The fourth-order valence-corrected chi connectivity index (χ4v) is 3.42. The predicted molar refractivity (Wildman–Crippen MR) is 106 cm³/mol. The number of halogens is 1. The summed E-state index contributed by atoms with van der Waals surface area (Å²) in [6.45, 7) is 4.80. The van der Waals surface area contributed by atoms with Crippen LogP contribution in [-0.2, 0) is 4.79 Å². The summed E-state index contributed by atoms with van der Waals surface area (Å²) in [5.74, 6) is -0.281. The number of imide groups is 1. The van der Waals surface area contributed by atoms with Gasteiger partial charge in [-0.25, -0.2) is 0 Å². The maximum atomic E-state index is 12.4. The Labute approximate surface area is 158 Å². The van der Waals surface area contributed by atoms with Crippen molar-refractivity contribution in [2.24, 2.45) is 0 Å². The molecule has 8 heteroatoms. The van der Waals surface area contributed by atoms with Crippen LogP contribution in [0.25, 0.3) is 6.08 Å². The minimum absolute atomic E-state index is 0.260. The van der Waals surface area contributed by atoms with Crippen molar-refractivity contribution in [2.75, 3.05) is 19.6 Å². The fourth-order valence-electron chi connectivity index (χ4n) is 1.95. The Morgan fingerprint density at radius 2 is 2.17 bits per heavy atom. The summed E-state index contributed by atoms with van der Waals surface area (Å²) in [5, 5.41) is 6.06. The van der Waals surface area contributed by atoms with Gasteiger partial charge >= 0.3 is 0 Å². The molecule has 2 rings (SSSR count). The SMILES string of the molecule is C=CCNC(=S)NCCN1C(=O)S/C(=C\c2cccc(Br)c2)C1=O. The van der Waals surface area contributed by atoms with Crippen LogP contribution in [0.1, 0.15) is 5.56 Å². The summed E-state index contributed by atoms with van der Waals surface area (Å²) < 4.78 is 0.917. The normalized spacial score (nSPS) is 15.7. The first-order valence-corrected chi connectivity index (χ1v) is 9.16. The summed E-state index contributed by atoms with van der Waals surface area (Å²) in [7, 11) is 0. The number of hydrogen-bond donors (Lipinski definition) is 2. The molecule has 0 aliphatic carbocycles. The first-order valence-electron chi connectivity index (χ1n) is 7.15. The molecule has 1 fully saturated rings. The molecule has 1 heterocycles. The number of benzene rings is 1. The predicted octanol–water partition coefficient (Wildman–Crippen LogP) is 3.14. The van der Waals surface area contributed by atoms with Gasteiger partial charge < -0.3 is 10.6 Å². The van der Waals surface area contributed by atoms with E-state index in [0.717, 1.165) is 21.8 Å². The minimum atomic E-state index is -0.281. The molecule has 0 spiro atoms. The molecule has 126 valence electrons. The molecule has 2 N–H and O–H groups in total. The van der Waals surface area contributed by atoms with E-state index in [0.29, 0.717) is 23.1 Å². The molecule has 1 saturated heterocycles. The maximum absolute atomic E-state index is 12.4. The van der Waals surface area contributed by atoms with Crippen LogP contribution in [0, 0.1) is 0 Å². The molecule has 1 aromatic rings. The number of amides is 2. The van der Waals surface area contributed by atoms with E-state index in [-0.39, 0.29) is 17.7 Å². The number of rotatable bonds is 6. The Morgan fingerprint density at radius 3 is 2.88 bits per heavy atom. The van der Waals surface area contributed by atoms with E-state index >= 15 is 0 Å². The zero-order valence-corrected chi connectivity index (χ0v) is 16.0.